The monoisotopic (exact) mass is 409 g/mol. The first-order valence-electron chi connectivity index (χ1n) is 5.25. The third kappa shape index (κ3) is 2.99. The largest absolute Gasteiger partial charge is 0.320 e. The molecule has 1 unspecified atom stereocenters. The zero-order valence-electron chi connectivity index (χ0n) is 9.43. The maximum atomic E-state index is 14.1. The van der Waals surface area contributed by atoms with Crippen molar-refractivity contribution in [3.63, 3.8) is 0 Å². The van der Waals surface area contributed by atoms with Crippen LogP contribution in [0.2, 0.25) is 5.02 Å². The molecule has 0 aromatic heterocycles. The average Bonchev–Trinajstić information content (AvgIpc) is 2.38. The van der Waals surface area contributed by atoms with Gasteiger partial charge in [0, 0.05) is 14.5 Å². The molecule has 1 atom stereocenters. The van der Waals surface area contributed by atoms with Crippen LogP contribution in [-0.4, -0.2) is 0 Å². The Morgan fingerprint density at radius 3 is 2.32 bits per heavy atom. The molecule has 0 fully saturated rings. The van der Waals surface area contributed by atoms with Crippen molar-refractivity contribution in [1.82, 2.24) is 0 Å². The van der Waals surface area contributed by atoms with E-state index in [0.29, 0.717) is 14.5 Å². The molecule has 2 aromatic carbocycles. The van der Waals surface area contributed by atoms with E-state index in [1.54, 1.807) is 6.07 Å². The van der Waals surface area contributed by atoms with Gasteiger partial charge in [-0.2, -0.15) is 0 Å². The first-order valence-corrected chi connectivity index (χ1v) is 7.22. The lowest BCUT2D eigenvalue weighted by Crippen LogP contribution is -2.15. The van der Waals surface area contributed by atoms with Crippen LogP contribution in [0.3, 0.4) is 0 Å². The van der Waals surface area contributed by atoms with Crippen LogP contribution in [0.15, 0.2) is 39.3 Å². The molecule has 0 radical (unpaired) electrons. The first kappa shape index (κ1) is 14.9. The molecule has 100 valence electrons. The number of rotatable bonds is 2. The van der Waals surface area contributed by atoms with E-state index >= 15 is 0 Å². The summed E-state index contributed by atoms with van der Waals surface area (Å²) >= 11 is 12.2. The van der Waals surface area contributed by atoms with Crippen LogP contribution in [0.5, 0.6) is 0 Å². The normalized spacial score (nSPS) is 12.5. The Bertz CT molecular complexity index is 634. The Balaban J connectivity index is 2.53. The Morgan fingerprint density at radius 2 is 1.63 bits per heavy atom. The third-order valence-corrected chi connectivity index (χ3v) is 4.67. The van der Waals surface area contributed by atoms with Crippen molar-refractivity contribution in [2.75, 3.05) is 0 Å². The summed E-state index contributed by atoms with van der Waals surface area (Å²) in [5.41, 5.74) is 6.66. The molecule has 0 saturated carbocycles. The highest BCUT2D eigenvalue weighted by Gasteiger charge is 2.19. The van der Waals surface area contributed by atoms with Crippen molar-refractivity contribution in [2.45, 2.75) is 6.04 Å². The number of nitrogens with two attached hydrogens (primary N) is 1. The van der Waals surface area contributed by atoms with E-state index in [0.717, 1.165) is 0 Å². The highest BCUT2D eigenvalue weighted by molar-refractivity contribution is 9.10. The average molecular weight is 411 g/mol. The van der Waals surface area contributed by atoms with Crippen LogP contribution in [0, 0.1) is 11.6 Å². The summed E-state index contributed by atoms with van der Waals surface area (Å²) in [5.74, 6) is -1.04. The van der Waals surface area contributed by atoms with Crippen molar-refractivity contribution >= 4 is 43.5 Å². The van der Waals surface area contributed by atoms with Gasteiger partial charge in [0.15, 0.2) is 0 Å². The molecular formula is C13H8Br2ClF2N. The summed E-state index contributed by atoms with van der Waals surface area (Å²) in [4.78, 5) is 0. The predicted octanol–water partition coefficient (Wildman–Crippen LogP) is 5.19. The van der Waals surface area contributed by atoms with Gasteiger partial charge in [0.25, 0.3) is 0 Å². The lowest BCUT2D eigenvalue weighted by molar-refractivity contribution is 0.595. The minimum absolute atomic E-state index is 0.0412. The van der Waals surface area contributed by atoms with Crippen LogP contribution in [0.1, 0.15) is 17.2 Å². The summed E-state index contributed by atoms with van der Waals surface area (Å²) in [6.07, 6.45) is 0. The van der Waals surface area contributed by atoms with Crippen molar-refractivity contribution < 1.29 is 8.78 Å². The molecule has 1 nitrogen and oxygen atoms in total. The van der Waals surface area contributed by atoms with E-state index in [2.05, 4.69) is 31.9 Å². The van der Waals surface area contributed by atoms with Gasteiger partial charge in [-0.1, -0.05) is 33.6 Å². The van der Waals surface area contributed by atoms with Crippen LogP contribution in [0.4, 0.5) is 8.78 Å². The lowest BCUT2D eigenvalue weighted by atomic mass is 9.99. The second kappa shape index (κ2) is 5.87. The van der Waals surface area contributed by atoms with Gasteiger partial charge in [0.2, 0.25) is 0 Å². The quantitative estimate of drug-likeness (QED) is 0.676. The molecule has 6 heteroatoms. The summed E-state index contributed by atoms with van der Waals surface area (Å²) in [5, 5.41) is -0.0412. The summed E-state index contributed by atoms with van der Waals surface area (Å²) in [6, 6.07) is 6.41. The van der Waals surface area contributed by atoms with E-state index in [1.807, 2.05) is 0 Å². The molecule has 0 heterocycles. The van der Waals surface area contributed by atoms with Crippen LogP contribution < -0.4 is 5.73 Å². The van der Waals surface area contributed by atoms with Crippen molar-refractivity contribution in [1.29, 1.82) is 0 Å². The molecule has 0 amide bonds. The smallest absolute Gasteiger partial charge is 0.148 e. The Hall–Kier alpha value is -0.490. The molecule has 0 aliphatic heterocycles. The molecule has 2 rings (SSSR count). The first-order chi connectivity index (χ1) is 8.91. The van der Waals surface area contributed by atoms with E-state index in [4.69, 9.17) is 17.3 Å². The van der Waals surface area contributed by atoms with Crippen LogP contribution >= 0.6 is 43.5 Å². The third-order valence-electron chi connectivity index (χ3n) is 2.69. The summed E-state index contributed by atoms with van der Waals surface area (Å²) < 4.78 is 28.4. The fraction of sp³-hybridized carbons (Fsp3) is 0.0769. The second-order valence-corrected chi connectivity index (χ2v) is 5.99. The Morgan fingerprint density at radius 1 is 1.00 bits per heavy atom. The minimum atomic E-state index is -0.810. The van der Waals surface area contributed by atoms with E-state index in [9.17, 15) is 8.78 Å². The number of halogens is 5. The molecule has 0 aliphatic carbocycles. The SMILES string of the molecule is NC(c1cc(F)ccc1Br)c1ccc(Br)c(Cl)c1F. The highest BCUT2D eigenvalue weighted by Crippen LogP contribution is 2.34. The van der Waals surface area contributed by atoms with Gasteiger partial charge >= 0.3 is 0 Å². The highest BCUT2D eigenvalue weighted by atomic mass is 79.9. The van der Waals surface area contributed by atoms with Gasteiger partial charge < -0.3 is 5.73 Å². The topological polar surface area (TPSA) is 26.0 Å². The molecule has 0 bridgehead atoms. The number of hydrogen-bond donors (Lipinski definition) is 1. The summed E-state index contributed by atoms with van der Waals surface area (Å²) in [7, 11) is 0. The zero-order chi connectivity index (χ0) is 14.2. The zero-order valence-corrected chi connectivity index (χ0v) is 13.4. The number of benzene rings is 2. The molecule has 2 N–H and O–H groups in total. The molecule has 2 aromatic rings. The maximum Gasteiger partial charge on any atom is 0.148 e. The minimum Gasteiger partial charge on any atom is -0.320 e. The fourth-order valence-corrected chi connectivity index (χ4v) is 2.67. The Kier molecular flexibility index (Phi) is 4.61. The van der Waals surface area contributed by atoms with Gasteiger partial charge in [-0.25, -0.2) is 8.78 Å². The molecule has 0 saturated heterocycles. The predicted molar refractivity (Wildman–Crippen MR) is 79.2 cm³/mol. The van der Waals surface area contributed by atoms with Crippen molar-refractivity contribution in [3.8, 4) is 0 Å². The van der Waals surface area contributed by atoms with E-state index in [1.165, 1.54) is 24.3 Å². The van der Waals surface area contributed by atoms with Gasteiger partial charge in [0.05, 0.1) is 11.1 Å². The molecule has 0 aliphatic rings. The van der Waals surface area contributed by atoms with Crippen LogP contribution in [0.25, 0.3) is 0 Å². The molecular weight excluding hydrogens is 403 g/mol. The maximum absolute atomic E-state index is 14.1. The molecule has 19 heavy (non-hydrogen) atoms. The summed E-state index contributed by atoms with van der Waals surface area (Å²) in [6.45, 7) is 0. The van der Waals surface area contributed by atoms with E-state index < -0.39 is 17.7 Å². The number of hydrogen-bond acceptors (Lipinski definition) is 1. The van der Waals surface area contributed by atoms with Gasteiger partial charge in [-0.15, -0.1) is 0 Å². The lowest BCUT2D eigenvalue weighted by Gasteiger charge is -2.16. The second-order valence-electron chi connectivity index (χ2n) is 3.91. The Labute approximate surface area is 131 Å². The van der Waals surface area contributed by atoms with E-state index in [-0.39, 0.29) is 10.6 Å². The van der Waals surface area contributed by atoms with Crippen molar-refractivity contribution in [2.24, 2.45) is 5.73 Å². The van der Waals surface area contributed by atoms with Gasteiger partial charge in [0.1, 0.15) is 11.6 Å². The van der Waals surface area contributed by atoms with Crippen LogP contribution in [-0.2, 0) is 0 Å². The van der Waals surface area contributed by atoms with Gasteiger partial charge in [-0.3, -0.25) is 0 Å². The molecule has 0 spiro atoms. The fourth-order valence-electron chi connectivity index (χ4n) is 1.70. The standard InChI is InChI=1S/C13H8Br2ClF2N/c14-9-3-1-6(17)5-8(9)13(19)7-2-4-10(15)11(16)12(7)18/h1-5,13H,19H2. The van der Waals surface area contributed by atoms with Gasteiger partial charge in [-0.05, 0) is 45.8 Å². The van der Waals surface area contributed by atoms with Crippen molar-refractivity contribution in [3.05, 3.63) is 67.1 Å².